The third-order valence-corrected chi connectivity index (χ3v) is 5.63. The molecule has 0 aromatic carbocycles. The third-order valence-electron chi connectivity index (χ3n) is 5.63. The standard InChI is InChI=1S/C15H29N/c1-4-15(5-2,11-16-3)10-14-9-12-6-7-13(14)8-12/h12-14,16H,4-11H2,1-3H3. The summed E-state index contributed by atoms with van der Waals surface area (Å²) in [6.07, 6.45) is 10.4. The van der Waals surface area contributed by atoms with Gasteiger partial charge in [0.05, 0.1) is 0 Å². The summed E-state index contributed by atoms with van der Waals surface area (Å²) in [6.45, 7) is 5.98. The quantitative estimate of drug-likeness (QED) is 0.721. The van der Waals surface area contributed by atoms with Crippen molar-refractivity contribution in [2.75, 3.05) is 13.6 Å². The van der Waals surface area contributed by atoms with E-state index in [1.807, 2.05) is 0 Å². The van der Waals surface area contributed by atoms with Gasteiger partial charge in [-0.15, -0.1) is 0 Å². The van der Waals surface area contributed by atoms with Gasteiger partial charge in [0.25, 0.3) is 0 Å². The lowest BCUT2D eigenvalue weighted by Gasteiger charge is -2.37. The molecule has 0 saturated heterocycles. The Morgan fingerprint density at radius 1 is 1.12 bits per heavy atom. The monoisotopic (exact) mass is 223 g/mol. The second-order valence-electron chi connectivity index (χ2n) is 6.38. The van der Waals surface area contributed by atoms with E-state index < -0.39 is 0 Å². The van der Waals surface area contributed by atoms with Crippen LogP contribution in [0, 0.1) is 23.2 Å². The van der Waals surface area contributed by atoms with Crippen LogP contribution in [0.15, 0.2) is 0 Å². The fourth-order valence-corrected chi connectivity index (χ4v) is 4.42. The summed E-state index contributed by atoms with van der Waals surface area (Å²) in [5.41, 5.74) is 0.587. The van der Waals surface area contributed by atoms with Crippen LogP contribution < -0.4 is 5.32 Å². The van der Waals surface area contributed by atoms with Crippen LogP contribution in [0.4, 0.5) is 0 Å². The van der Waals surface area contributed by atoms with Crippen molar-refractivity contribution < 1.29 is 0 Å². The van der Waals surface area contributed by atoms with Gasteiger partial charge in [0.1, 0.15) is 0 Å². The van der Waals surface area contributed by atoms with Gasteiger partial charge in [-0.3, -0.25) is 0 Å². The maximum atomic E-state index is 3.43. The molecule has 0 aromatic heterocycles. The topological polar surface area (TPSA) is 12.0 Å². The fourth-order valence-electron chi connectivity index (χ4n) is 4.42. The molecule has 2 fully saturated rings. The highest BCUT2D eigenvalue weighted by Crippen LogP contribution is 2.52. The predicted octanol–water partition coefficient (Wildman–Crippen LogP) is 3.84. The molecule has 3 unspecified atom stereocenters. The molecule has 94 valence electrons. The summed E-state index contributed by atoms with van der Waals surface area (Å²) in [5.74, 6) is 3.27. The van der Waals surface area contributed by atoms with E-state index in [9.17, 15) is 0 Å². The fraction of sp³-hybridized carbons (Fsp3) is 1.00. The zero-order valence-corrected chi connectivity index (χ0v) is 11.4. The minimum Gasteiger partial charge on any atom is -0.319 e. The largest absolute Gasteiger partial charge is 0.319 e. The average Bonchev–Trinajstić information content (AvgIpc) is 2.90. The molecular weight excluding hydrogens is 194 g/mol. The SMILES string of the molecule is CCC(CC)(CNC)CC1CC2CCC1C2. The molecule has 2 saturated carbocycles. The first-order valence-electron chi connectivity index (χ1n) is 7.37. The summed E-state index contributed by atoms with van der Waals surface area (Å²) < 4.78 is 0. The molecule has 3 atom stereocenters. The molecule has 2 aliphatic rings. The lowest BCUT2D eigenvalue weighted by atomic mass is 9.71. The van der Waals surface area contributed by atoms with Gasteiger partial charge in [-0.1, -0.05) is 20.3 Å². The Morgan fingerprint density at radius 2 is 1.88 bits per heavy atom. The van der Waals surface area contributed by atoms with Crippen molar-refractivity contribution in [2.45, 2.75) is 58.8 Å². The molecule has 0 aromatic rings. The first-order valence-corrected chi connectivity index (χ1v) is 7.37. The Labute approximate surface area is 101 Å². The van der Waals surface area contributed by atoms with Crippen LogP contribution in [-0.4, -0.2) is 13.6 Å². The van der Waals surface area contributed by atoms with E-state index in [0.717, 1.165) is 17.8 Å². The summed E-state index contributed by atoms with van der Waals surface area (Å²) in [7, 11) is 2.11. The van der Waals surface area contributed by atoms with Crippen molar-refractivity contribution in [3.63, 3.8) is 0 Å². The van der Waals surface area contributed by atoms with Crippen molar-refractivity contribution in [1.29, 1.82) is 0 Å². The average molecular weight is 223 g/mol. The van der Waals surface area contributed by atoms with Crippen LogP contribution in [0.25, 0.3) is 0 Å². The number of hydrogen-bond donors (Lipinski definition) is 1. The number of nitrogens with one attached hydrogen (secondary N) is 1. The molecule has 2 bridgehead atoms. The zero-order valence-electron chi connectivity index (χ0n) is 11.4. The van der Waals surface area contributed by atoms with E-state index in [0.29, 0.717) is 5.41 Å². The summed E-state index contributed by atoms with van der Waals surface area (Å²) in [5, 5.41) is 3.43. The van der Waals surface area contributed by atoms with Crippen LogP contribution in [-0.2, 0) is 0 Å². The van der Waals surface area contributed by atoms with Gasteiger partial charge in [-0.25, -0.2) is 0 Å². The molecule has 0 radical (unpaired) electrons. The van der Waals surface area contributed by atoms with Gasteiger partial charge in [0.2, 0.25) is 0 Å². The highest BCUT2D eigenvalue weighted by molar-refractivity contribution is 4.93. The molecule has 0 heterocycles. The third kappa shape index (κ3) is 2.30. The number of hydrogen-bond acceptors (Lipinski definition) is 1. The highest BCUT2D eigenvalue weighted by Gasteiger charge is 2.42. The Morgan fingerprint density at radius 3 is 2.31 bits per heavy atom. The minimum atomic E-state index is 0.587. The molecule has 1 heteroatoms. The van der Waals surface area contributed by atoms with Gasteiger partial charge in [-0.05, 0) is 68.7 Å². The summed E-state index contributed by atoms with van der Waals surface area (Å²) >= 11 is 0. The number of rotatable bonds is 6. The van der Waals surface area contributed by atoms with Crippen molar-refractivity contribution in [3.05, 3.63) is 0 Å². The smallest absolute Gasteiger partial charge is 0.000470 e. The van der Waals surface area contributed by atoms with E-state index in [1.165, 1.54) is 25.8 Å². The Bertz CT molecular complexity index is 219. The van der Waals surface area contributed by atoms with E-state index in [2.05, 4.69) is 26.2 Å². The van der Waals surface area contributed by atoms with E-state index in [4.69, 9.17) is 0 Å². The van der Waals surface area contributed by atoms with Crippen molar-refractivity contribution in [2.24, 2.45) is 23.2 Å². The van der Waals surface area contributed by atoms with Crippen molar-refractivity contribution in [3.8, 4) is 0 Å². The maximum absolute atomic E-state index is 3.43. The Kier molecular flexibility index (Phi) is 3.94. The zero-order chi connectivity index (χ0) is 11.6. The maximum Gasteiger partial charge on any atom is 0.000470 e. The van der Waals surface area contributed by atoms with Gasteiger partial charge in [0.15, 0.2) is 0 Å². The second-order valence-corrected chi connectivity index (χ2v) is 6.38. The molecule has 1 N–H and O–H groups in total. The normalized spacial score (nSPS) is 33.6. The van der Waals surface area contributed by atoms with E-state index in [1.54, 1.807) is 25.7 Å². The summed E-state index contributed by atoms with van der Waals surface area (Å²) in [4.78, 5) is 0. The highest BCUT2D eigenvalue weighted by atomic mass is 14.8. The van der Waals surface area contributed by atoms with Crippen molar-refractivity contribution >= 4 is 0 Å². The van der Waals surface area contributed by atoms with Gasteiger partial charge in [-0.2, -0.15) is 0 Å². The van der Waals surface area contributed by atoms with E-state index in [-0.39, 0.29) is 0 Å². The van der Waals surface area contributed by atoms with Crippen LogP contribution in [0.3, 0.4) is 0 Å². The predicted molar refractivity (Wildman–Crippen MR) is 70.5 cm³/mol. The van der Waals surface area contributed by atoms with Crippen LogP contribution in [0.1, 0.15) is 58.8 Å². The van der Waals surface area contributed by atoms with Crippen LogP contribution in [0.2, 0.25) is 0 Å². The van der Waals surface area contributed by atoms with Gasteiger partial charge < -0.3 is 5.32 Å². The lowest BCUT2D eigenvalue weighted by Crippen LogP contribution is -2.34. The molecular formula is C15H29N. The summed E-state index contributed by atoms with van der Waals surface area (Å²) in [6, 6.07) is 0. The molecule has 0 amide bonds. The van der Waals surface area contributed by atoms with Crippen LogP contribution >= 0.6 is 0 Å². The lowest BCUT2D eigenvalue weighted by molar-refractivity contribution is 0.157. The first-order chi connectivity index (χ1) is 7.73. The van der Waals surface area contributed by atoms with Crippen LogP contribution in [0.5, 0.6) is 0 Å². The Balaban J connectivity index is 1.95. The minimum absolute atomic E-state index is 0.587. The van der Waals surface area contributed by atoms with Gasteiger partial charge >= 0.3 is 0 Å². The van der Waals surface area contributed by atoms with Crippen molar-refractivity contribution in [1.82, 2.24) is 5.32 Å². The molecule has 2 aliphatic carbocycles. The first kappa shape index (κ1) is 12.4. The van der Waals surface area contributed by atoms with Gasteiger partial charge in [0, 0.05) is 6.54 Å². The molecule has 16 heavy (non-hydrogen) atoms. The second kappa shape index (κ2) is 5.08. The van der Waals surface area contributed by atoms with E-state index >= 15 is 0 Å². The Hall–Kier alpha value is -0.0400. The molecule has 0 aliphatic heterocycles. The molecule has 0 spiro atoms. The molecule has 2 rings (SSSR count). The number of fused-ring (bicyclic) bond motifs is 2. The molecule has 1 nitrogen and oxygen atoms in total.